The Bertz CT molecular complexity index is 1560. The van der Waals surface area contributed by atoms with E-state index in [9.17, 15) is 0 Å². The largest absolute Gasteiger partial charge is 0.369 e. The monoisotopic (exact) mass is 510 g/mol. The number of aryl methyl sites for hydroxylation is 2. The summed E-state index contributed by atoms with van der Waals surface area (Å²) >= 11 is 6.12. The third kappa shape index (κ3) is 4.63. The number of H-pyrrole nitrogens is 1. The summed E-state index contributed by atoms with van der Waals surface area (Å²) in [5.41, 5.74) is 11.4. The molecule has 6 rings (SSSR count). The molecule has 5 aromatic rings. The summed E-state index contributed by atoms with van der Waals surface area (Å²) in [7, 11) is 0. The van der Waals surface area contributed by atoms with Crippen LogP contribution in [0.25, 0.3) is 33.3 Å². The number of hydrogen-bond acceptors (Lipinski definition) is 4. The first-order chi connectivity index (χ1) is 18.0. The van der Waals surface area contributed by atoms with Crippen LogP contribution in [-0.4, -0.2) is 50.3 Å². The molecule has 1 saturated heterocycles. The molecular formula is C30H31ClN6. The maximum Gasteiger partial charge on any atom is 0.137 e. The van der Waals surface area contributed by atoms with Crippen LogP contribution in [0.5, 0.6) is 0 Å². The molecule has 0 amide bonds. The van der Waals surface area contributed by atoms with E-state index in [0.717, 1.165) is 71.8 Å². The number of rotatable bonds is 5. The molecule has 2 aromatic carbocycles. The van der Waals surface area contributed by atoms with Crippen molar-refractivity contribution in [3.05, 3.63) is 89.5 Å². The van der Waals surface area contributed by atoms with Crippen LogP contribution in [0.1, 0.15) is 22.5 Å². The summed E-state index contributed by atoms with van der Waals surface area (Å²) < 4.78 is 3.97. The Morgan fingerprint density at radius 2 is 1.70 bits per heavy atom. The lowest BCUT2D eigenvalue weighted by Crippen LogP contribution is -2.42. The van der Waals surface area contributed by atoms with Gasteiger partial charge in [0.15, 0.2) is 0 Å². The lowest BCUT2D eigenvalue weighted by atomic mass is 10.0. The van der Waals surface area contributed by atoms with E-state index in [-0.39, 0.29) is 0 Å². The van der Waals surface area contributed by atoms with Crippen molar-refractivity contribution in [2.24, 2.45) is 0 Å². The van der Waals surface area contributed by atoms with Gasteiger partial charge in [-0.2, -0.15) is 5.10 Å². The molecule has 3 aromatic heterocycles. The number of benzene rings is 2. The number of nitrogens with zero attached hydrogens (tertiary/aromatic N) is 5. The summed E-state index contributed by atoms with van der Waals surface area (Å²) in [6, 6.07) is 19.6. The number of piperazine rings is 1. The molecule has 1 aliphatic rings. The third-order valence-electron chi connectivity index (χ3n) is 7.39. The van der Waals surface area contributed by atoms with Gasteiger partial charge in [-0.3, -0.25) is 4.68 Å². The molecule has 0 spiro atoms. The van der Waals surface area contributed by atoms with Crippen LogP contribution >= 0.6 is 11.8 Å². The topological polar surface area (TPSA) is 53.0 Å². The van der Waals surface area contributed by atoms with Crippen LogP contribution in [0, 0.1) is 20.8 Å². The molecule has 0 atom stereocenters. The summed E-state index contributed by atoms with van der Waals surface area (Å²) in [5, 5.41) is 6.02. The number of aromatic amines is 1. The predicted octanol–water partition coefficient (Wildman–Crippen LogP) is 6.34. The number of anilines is 1. The van der Waals surface area contributed by atoms with Crippen molar-refractivity contribution in [3.63, 3.8) is 0 Å². The third-order valence-corrected chi connectivity index (χ3v) is 7.73. The van der Waals surface area contributed by atoms with Crippen LogP contribution < -0.4 is 4.90 Å². The van der Waals surface area contributed by atoms with Crippen LogP contribution in [0.4, 0.5) is 5.69 Å². The second kappa shape index (κ2) is 9.69. The molecule has 1 fully saturated rings. The van der Waals surface area contributed by atoms with E-state index >= 15 is 0 Å². The number of nitrogens with one attached hydrogen (secondary N) is 1. The second-order valence-corrected chi connectivity index (χ2v) is 10.4. The van der Waals surface area contributed by atoms with Gasteiger partial charge in [-0.25, -0.2) is 9.40 Å². The fraction of sp³-hybridized carbons (Fsp3) is 0.267. The minimum atomic E-state index is 0.756. The van der Waals surface area contributed by atoms with E-state index in [1.807, 2.05) is 10.6 Å². The Balaban J connectivity index is 1.31. The Labute approximate surface area is 222 Å². The molecular weight excluding hydrogens is 480 g/mol. The summed E-state index contributed by atoms with van der Waals surface area (Å²) in [4.78, 5) is 10.5. The molecule has 1 aliphatic heterocycles. The molecule has 0 aliphatic carbocycles. The number of aromatic nitrogens is 4. The van der Waals surface area contributed by atoms with Crippen molar-refractivity contribution in [1.29, 1.82) is 0 Å². The number of hydrogen-bond donors (Lipinski definition) is 1. The maximum absolute atomic E-state index is 6.12. The highest BCUT2D eigenvalue weighted by Gasteiger charge is 2.19. The molecule has 4 heterocycles. The Hall–Kier alpha value is -3.61. The number of fused-ring (bicyclic) bond motifs is 1. The summed E-state index contributed by atoms with van der Waals surface area (Å²) in [6.45, 7) is 10.8. The molecule has 0 saturated carbocycles. The van der Waals surface area contributed by atoms with Crippen LogP contribution in [0.15, 0.2) is 67.0 Å². The highest BCUT2D eigenvalue weighted by molar-refractivity contribution is 6.13. The molecule has 37 heavy (non-hydrogen) atoms. The highest BCUT2D eigenvalue weighted by Crippen LogP contribution is 2.35. The quantitative estimate of drug-likeness (QED) is 0.280. The summed E-state index contributed by atoms with van der Waals surface area (Å²) in [5.74, 6) is 0. The van der Waals surface area contributed by atoms with Crippen LogP contribution in [0.2, 0.25) is 0 Å². The van der Waals surface area contributed by atoms with E-state index in [4.69, 9.17) is 21.9 Å². The lowest BCUT2D eigenvalue weighted by molar-refractivity contribution is 0.416. The van der Waals surface area contributed by atoms with E-state index in [1.165, 1.54) is 22.4 Å². The predicted molar refractivity (Wildman–Crippen MR) is 152 cm³/mol. The molecule has 188 valence electrons. The SMILES string of the molecule is Cc1cccc(Cn2nc(C)c(-c3c[nH]c4ncc(-c5ccc(N6CCN(Cl)CC6)cc5)cc34)c2C)c1. The highest BCUT2D eigenvalue weighted by atomic mass is 35.5. The zero-order valence-corrected chi connectivity index (χ0v) is 22.3. The average Bonchev–Trinajstić information content (AvgIpc) is 3.43. The minimum absolute atomic E-state index is 0.756. The van der Waals surface area contributed by atoms with Crippen molar-refractivity contribution in [2.45, 2.75) is 27.3 Å². The summed E-state index contributed by atoms with van der Waals surface area (Å²) in [6.07, 6.45) is 4.01. The normalized spacial score (nSPS) is 14.5. The second-order valence-electron chi connectivity index (χ2n) is 9.96. The van der Waals surface area contributed by atoms with Crippen molar-refractivity contribution in [1.82, 2.24) is 24.2 Å². The zero-order valence-electron chi connectivity index (χ0n) is 21.5. The molecule has 1 N–H and O–H groups in total. The Kier molecular flexibility index (Phi) is 6.22. The van der Waals surface area contributed by atoms with Gasteiger partial charge < -0.3 is 9.88 Å². The van der Waals surface area contributed by atoms with Crippen molar-refractivity contribution >= 4 is 28.5 Å². The van der Waals surface area contributed by atoms with E-state index in [0.29, 0.717) is 0 Å². The zero-order chi connectivity index (χ0) is 25.5. The van der Waals surface area contributed by atoms with Gasteiger partial charge in [0, 0.05) is 72.0 Å². The van der Waals surface area contributed by atoms with Gasteiger partial charge in [0.1, 0.15) is 5.65 Å². The van der Waals surface area contributed by atoms with Gasteiger partial charge in [0.2, 0.25) is 0 Å². The van der Waals surface area contributed by atoms with Gasteiger partial charge in [-0.1, -0.05) is 42.0 Å². The maximum atomic E-state index is 6.12. The fourth-order valence-electron chi connectivity index (χ4n) is 5.40. The van der Waals surface area contributed by atoms with Gasteiger partial charge in [0.25, 0.3) is 0 Å². The van der Waals surface area contributed by atoms with Gasteiger partial charge in [-0.15, -0.1) is 0 Å². The van der Waals surface area contributed by atoms with Crippen molar-refractivity contribution < 1.29 is 0 Å². The van der Waals surface area contributed by atoms with Crippen molar-refractivity contribution in [3.8, 4) is 22.3 Å². The Morgan fingerprint density at radius 1 is 0.919 bits per heavy atom. The molecule has 6 nitrogen and oxygen atoms in total. The molecule has 0 bridgehead atoms. The van der Waals surface area contributed by atoms with Crippen LogP contribution in [0.3, 0.4) is 0 Å². The molecule has 7 heteroatoms. The van der Waals surface area contributed by atoms with E-state index in [1.54, 1.807) is 0 Å². The van der Waals surface area contributed by atoms with Gasteiger partial charge in [-0.05, 0) is 61.9 Å². The Morgan fingerprint density at radius 3 is 2.46 bits per heavy atom. The average molecular weight is 511 g/mol. The first-order valence-corrected chi connectivity index (χ1v) is 13.1. The molecule has 0 radical (unpaired) electrons. The van der Waals surface area contributed by atoms with E-state index in [2.05, 4.69) is 96.1 Å². The number of pyridine rings is 1. The smallest absolute Gasteiger partial charge is 0.137 e. The first kappa shape index (κ1) is 23.8. The minimum Gasteiger partial charge on any atom is -0.369 e. The lowest BCUT2D eigenvalue weighted by Gasteiger charge is -2.32. The van der Waals surface area contributed by atoms with E-state index < -0.39 is 0 Å². The van der Waals surface area contributed by atoms with Crippen molar-refractivity contribution in [2.75, 3.05) is 31.1 Å². The molecule has 0 unspecified atom stereocenters. The number of halogens is 1. The standard InChI is InChI=1S/C30H31ClN6/c1-20-5-4-6-23(15-20)19-37-22(3)29(21(2)34-37)28-18-33-30-27(28)16-25(17-32-30)24-7-9-26(10-8-24)35-11-13-36(31)14-12-35/h4-10,15-18H,11-14,19H2,1-3H3,(H,32,33). The van der Waals surface area contributed by atoms with Crippen LogP contribution in [-0.2, 0) is 6.54 Å². The fourth-order valence-corrected chi connectivity index (χ4v) is 5.55. The van der Waals surface area contributed by atoms with Gasteiger partial charge >= 0.3 is 0 Å². The van der Waals surface area contributed by atoms with Gasteiger partial charge in [0.05, 0.1) is 12.2 Å². The first-order valence-electron chi connectivity index (χ1n) is 12.8.